The van der Waals surface area contributed by atoms with Crippen LogP contribution in [0.5, 0.6) is 0 Å². The zero-order valence-electron chi connectivity index (χ0n) is 10.6. The summed E-state index contributed by atoms with van der Waals surface area (Å²) in [5.74, 6) is 0. The van der Waals surface area contributed by atoms with Gasteiger partial charge < -0.3 is 4.57 Å². The van der Waals surface area contributed by atoms with Gasteiger partial charge in [0.1, 0.15) is 0 Å². The number of rotatable bonds is 1. The summed E-state index contributed by atoms with van der Waals surface area (Å²) in [4.78, 5) is 0. The van der Waals surface area contributed by atoms with Crippen molar-refractivity contribution in [2.24, 2.45) is 0 Å². The van der Waals surface area contributed by atoms with Crippen molar-refractivity contribution in [1.29, 1.82) is 0 Å². The molecule has 0 spiro atoms. The second kappa shape index (κ2) is 8.10. The fourth-order valence-electron chi connectivity index (χ4n) is 1.42. The minimum absolute atomic E-state index is 1.05. The average Bonchev–Trinajstić information content (AvgIpc) is 2.77. The van der Waals surface area contributed by atoms with Crippen LogP contribution in [-0.2, 0) is 6.54 Å². The molecule has 0 bridgehead atoms. The summed E-state index contributed by atoms with van der Waals surface area (Å²) in [6.45, 7) is 11.2. The summed E-state index contributed by atoms with van der Waals surface area (Å²) in [7, 11) is 0. The summed E-state index contributed by atoms with van der Waals surface area (Å²) in [5.41, 5.74) is 1.33. The number of aryl methyl sites for hydroxylation is 1. The fraction of sp³-hybridized carbons (Fsp3) is 0.429. The number of aromatic nitrogens is 1. The van der Waals surface area contributed by atoms with Crippen LogP contribution in [-0.4, -0.2) is 4.57 Å². The lowest BCUT2D eigenvalue weighted by atomic mass is 10.2. The zero-order chi connectivity index (χ0) is 11.7. The van der Waals surface area contributed by atoms with E-state index in [9.17, 15) is 0 Å². The monoisotopic (exact) mass is 205 g/mol. The van der Waals surface area contributed by atoms with E-state index in [1.54, 1.807) is 0 Å². The van der Waals surface area contributed by atoms with Crippen LogP contribution in [0.4, 0.5) is 0 Å². The van der Waals surface area contributed by atoms with E-state index in [4.69, 9.17) is 0 Å². The molecular formula is C14H23N. The first-order valence-corrected chi connectivity index (χ1v) is 5.95. The molecule has 1 heteroatoms. The van der Waals surface area contributed by atoms with Gasteiger partial charge in [-0.3, -0.25) is 0 Å². The molecule has 0 radical (unpaired) electrons. The van der Waals surface area contributed by atoms with Crippen molar-refractivity contribution in [3.8, 4) is 0 Å². The molecule has 2 rings (SSSR count). The Morgan fingerprint density at radius 1 is 0.933 bits per heavy atom. The predicted molar refractivity (Wildman–Crippen MR) is 70.3 cm³/mol. The quantitative estimate of drug-likeness (QED) is 0.635. The second-order valence-corrected chi connectivity index (χ2v) is 2.66. The first-order chi connectivity index (χ1) is 7.42. The largest absolute Gasteiger partial charge is 0.348 e. The van der Waals surface area contributed by atoms with Crippen LogP contribution in [0.15, 0.2) is 36.5 Å². The summed E-state index contributed by atoms with van der Waals surface area (Å²) < 4.78 is 2.25. The third-order valence-electron chi connectivity index (χ3n) is 2.02. The molecule has 0 fully saturated rings. The van der Waals surface area contributed by atoms with E-state index >= 15 is 0 Å². The van der Waals surface area contributed by atoms with Gasteiger partial charge in [-0.1, -0.05) is 45.9 Å². The number of hydrogen-bond donors (Lipinski definition) is 0. The van der Waals surface area contributed by atoms with E-state index in [1.807, 2.05) is 27.7 Å². The molecular weight excluding hydrogens is 182 g/mol. The van der Waals surface area contributed by atoms with E-state index in [-0.39, 0.29) is 0 Å². The third kappa shape index (κ3) is 3.43. The van der Waals surface area contributed by atoms with Gasteiger partial charge in [0.2, 0.25) is 0 Å². The summed E-state index contributed by atoms with van der Waals surface area (Å²) in [5, 5.41) is 1.33. The van der Waals surface area contributed by atoms with Crippen molar-refractivity contribution >= 4 is 10.9 Å². The molecule has 1 nitrogen and oxygen atoms in total. The number of para-hydroxylation sites is 1. The first kappa shape index (κ1) is 13.8. The highest BCUT2D eigenvalue weighted by atomic mass is 14.9. The lowest BCUT2D eigenvalue weighted by Gasteiger charge is -1.98. The lowest BCUT2D eigenvalue weighted by Crippen LogP contribution is -1.89. The number of hydrogen-bond acceptors (Lipinski definition) is 0. The third-order valence-corrected chi connectivity index (χ3v) is 2.02. The van der Waals surface area contributed by atoms with E-state index < -0.39 is 0 Å². The minimum atomic E-state index is 1.05. The SMILES string of the molecule is CC.CC.CCn1ccc2ccccc21. The van der Waals surface area contributed by atoms with Crippen LogP contribution >= 0.6 is 0 Å². The van der Waals surface area contributed by atoms with Crippen molar-refractivity contribution in [2.75, 3.05) is 0 Å². The molecule has 1 aromatic heterocycles. The highest BCUT2D eigenvalue weighted by Crippen LogP contribution is 2.14. The maximum atomic E-state index is 2.25. The molecule has 0 saturated carbocycles. The lowest BCUT2D eigenvalue weighted by molar-refractivity contribution is 0.798. The fourth-order valence-corrected chi connectivity index (χ4v) is 1.42. The van der Waals surface area contributed by atoms with Crippen molar-refractivity contribution in [1.82, 2.24) is 4.57 Å². The Morgan fingerprint density at radius 3 is 2.13 bits per heavy atom. The Kier molecular flexibility index (Phi) is 7.43. The minimum Gasteiger partial charge on any atom is -0.348 e. The molecule has 1 aromatic carbocycles. The maximum Gasteiger partial charge on any atom is 0.0480 e. The highest BCUT2D eigenvalue weighted by Gasteiger charge is 1.95. The van der Waals surface area contributed by atoms with Crippen molar-refractivity contribution in [2.45, 2.75) is 41.2 Å². The summed E-state index contributed by atoms with van der Waals surface area (Å²) >= 11 is 0. The molecule has 0 atom stereocenters. The second-order valence-electron chi connectivity index (χ2n) is 2.66. The molecule has 0 unspecified atom stereocenters. The molecule has 0 aliphatic rings. The molecule has 0 saturated heterocycles. The smallest absolute Gasteiger partial charge is 0.0480 e. The number of benzene rings is 1. The zero-order valence-corrected chi connectivity index (χ0v) is 10.6. The van der Waals surface area contributed by atoms with Gasteiger partial charge in [0.15, 0.2) is 0 Å². The van der Waals surface area contributed by atoms with Gasteiger partial charge in [0.05, 0.1) is 0 Å². The Balaban J connectivity index is 0.000000442. The Hall–Kier alpha value is -1.24. The first-order valence-electron chi connectivity index (χ1n) is 5.95. The highest BCUT2D eigenvalue weighted by molar-refractivity contribution is 5.79. The number of fused-ring (bicyclic) bond motifs is 1. The molecule has 15 heavy (non-hydrogen) atoms. The molecule has 1 heterocycles. The van der Waals surface area contributed by atoms with Crippen molar-refractivity contribution < 1.29 is 0 Å². The number of nitrogens with zero attached hydrogens (tertiary/aromatic N) is 1. The predicted octanol–water partition coefficient (Wildman–Crippen LogP) is 4.71. The Morgan fingerprint density at radius 2 is 1.53 bits per heavy atom. The average molecular weight is 205 g/mol. The summed E-state index contributed by atoms with van der Waals surface area (Å²) in [6, 6.07) is 10.6. The van der Waals surface area contributed by atoms with E-state index in [1.165, 1.54) is 10.9 Å². The molecule has 0 N–H and O–H groups in total. The van der Waals surface area contributed by atoms with Crippen LogP contribution in [0.3, 0.4) is 0 Å². The van der Waals surface area contributed by atoms with Gasteiger partial charge in [-0.25, -0.2) is 0 Å². The van der Waals surface area contributed by atoms with Gasteiger partial charge >= 0.3 is 0 Å². The van der Waals surface area contributed by atoms with Crippen LogP contribution in [0.2, 0.25) is 0 Å². The van der Waals surface area contributed by atoms with Crippen LogP contribution in [0, 0.1) is 0 Å². The van der Waals surface area contributed by atoms with Crippen LogP contribution < -0.4 is 0 Å². The van der Waals surface area contributed by atoms with Crippen LogP contribution in [0.25, 0.3) is 10.9 Å². The molecule has 2 aromatic rings. The van der Waals surface area contributed by atoms with Crippen molar-refractivity contribution in [3.63, 3.8) is 0 Å². The maximum absolute atomic E-state index is 2.25. The molecule has 0 amide bonds. The van der Waals surface area contributed by atoms with Gasteiger partial charge in [-0.05, 0) is 24.4 Å². The molecule has 0 aliphatic heterocycles. The van der Waals surface area contributed by atoms with Gasteiger partial charge in [-0.15, -0.1) is 0 Å². The molecule has 84 valence electrons. The van der Waals surface area contributed by atoms with E-state index in [2.05, 4.69) is 48.0 Å². The molecule has 0 aliphatic carbocycles. The standard InChI is InChI=1S/C10H11N.2C2H6/c1-2-11-8-7-9-5-3-4-6-10(9)11;2*1-2/h3-8H,2H2,1H3;2*1-2H3. The van der Waals surface area contributed by atoms with Crippen molar-refractivity contribution in [3.05, 3.63) is 36.5 Å². The van der Waals surface area contributed by atoms with Gasteiger partial charge in [-0.2, -0.15) is 0 Å². The topological polar surface area (TPSA) is 4.93 Å². The van der Waals surface area contributed by atoms with Gasteiger partial charge in [0, 0.05) is 18.3 Å². The Labute approximate surface area is 93.7 Å². The van der Waals surface area contributed by atoms with Gasteiger partial charge in [0.25, 0.3) is 0 Å². The van der Waals surface area contributed by atoms with E-state index in [0.29, 0.717) is 0 Å². The summed E-state index contributed by atoms with van der Waals surface area (Å²) in [6.07, 6.45) is 2.13. The van der Waals surface area contributed by atoms with Crippen LogP contribution in [0.1, 0.15) is 34.6 Å². The Bertz CT molecular complexity index is 360. The normalized spacial score (nSPS) is 8.60. The van der Waals surface area contributed by atoms with E-state index in [0.717, 1.165) is 6.54 Å².